The van der Waals surface area contributed by atoms with Gasteiger partial charge in [-0.25, -0.2) is 14.4 Å². The number of carbonyl (C=O) groups excluding carboxylic acids is 2. The Kier molecular flexibility index (Phi) is 3.62. The van der Waals surface area contributed by atoms with Gasteiger partial charge in [0, 0.05) is 0 Å². The summed E-state index contributed by atoms with van der Waals surface area (Å²) in [5.41, 5.74) is 8.99. The van der Waals surface area contributed by atoms with E-state index in [1.165, 1.54) is 0 Å². The molecule has 0 spiro atoms. The van der Waals surface area contributed by atoms with E-state index in [0.29, 0.717) is 0 Å². The SMILES string of the molecule is NC(=O)N(O)C(C(=O)O)N(O)C(N)=O. The average molecular weight is 208 g/mol. The molecule has 4 amide bonds. The van der Waals surface area contributed by atoms with Gasteiger partial charge in [0.05, 0.1) is 0 Å². The molecule has 14 heavy (non-hydrogen) atoms. The Bertz CT molecular complexity index is 247. The first-order chi connectivity index (χ1) is 6.29. The Morgan fingerprint density at radius 1 is 1.00 bits per heavy atom. The van der Waals surface area contributed by atoms with Crippen molar-refractivity contribution in [3.63, 3.8) is 0 Å². The maximum absolute atomic E-state index is 10.4. The lowest BCUT2D eigenvalue weighted by molar-refractivity contribution is -0.209. The van der Waals surface area contributed by atoms with E-state index >= 15 is 0 Å². The molecule has 80 valence electrons. The van der Waals surface area contributed by atoms with Gasteiger partial charge in [0.1, 0.15) is 0 Å². The second-order valence-corrected chi connectivity index (χ2v) is 2.08. The van der Waals surface area contributed by atoms with Crippen LogP contribution in [0.3, 0.4) is 0 Å². The molecule has 0 atom stereocenters. The summed E-state index contributed by atoms with van der Waals surface area (Å²) >= 11 is 0. The van der Waals surface area contributed by atoms with Gasteiger partial charge in [-0.2, -0.15) is 10.1 Å². The lowest BCUT2D eigenvalue weighted by Gasteiger charge is -2.25. The minimum Gasteiger partial charge on any atom is -0.478 e. The molecule has 10 nitrogen and oxygen atoms in total. The molecule has 0 aromatic carbocycles. The molecule has 0 aliphatic heterocycles. The Balaban J connectivity index is 4.86. The first-order valence-corrected chi connectivity index (χ1v) is 3.07. The molecule has 0 aliphatic carbocycles. The first-order valence-electron chi connectivity index (χ1n) is 3.07. The molecule has 7 N–H and O–H groups in total. The number of rotatable bonds is 3. The van der Waals surface area contributed by atoms with Crippen LogP contribution >= 0.6 is 0 Å². The third-order valence-electron chi connectivity index (χ3n) is 1.14. The summed E-state index contributed by atoms with van der Waals surface area (Å²) < 4.78 is 0. The minimum absolute atomic E-state index is 0.562. The molecule has 0 fully saturated rings. The Morgan fingerprint density at radius 2 is 1.29 bits per heavy atom. The summed E-state index contributed by atoms with van der Waals surface area (Å²) in [6, 6.07) is -3.14. The van der Waals surface area contributed by atoms with Crippen LogP contribution in [0.15, 0.2) is 0 Å². The number of carboxylic acid groups (broad SMARTS) is 1. The molecule has 0 unspecified atom stereocenters. The Labute approximate surface area is 76.8 Å². The van der Waals surface area contributed by atoms with Crippen molar-refractivity contribution in [2.75, 3.05) is 0 Å². The summed E-state index contributed by atoms with van der Waals surface area (Å²) in [5, 5.41) is 24.8. The number of urea groups is 2. The molecule has 10 heteroatoms. The molecule has 0 bridgehead atoms. The Morgan fingerprint density at radius 3 is 1.43 bits per heavy atom. The van der Waals surface area contributed by atoms with Gasteiger partial charge in [-0.05, 0) is 0 Å². The number of hydrogen-bond donors (Lipinski definition) is 5. The summed E-state index contributed by atoms with van der Waals surface area (Å²) in [6.07, 6.45) is -2.38. The minimum atomic E-state index is -2.38. The van der Waals surface area contributed by atoms with Crippen LogP contribution in [0.1, 0.15) is 0 Å². The number of nitrogens with zero attached hydrogens (tertiary/aromatic N) is 2. The molecule has 0 rings (SSSR count). The number of carboxylic acids is 1. The maximum Gasteiger partial charge on any atom is 0.352 e. The van der Waals surface area contributed by atoms with Gasteiger partial charge in [0.2, 0.25) is 0 Å². The zero-order valence-electron chi connectivity index (χ0n) is 6.69. The van der Waals surface area contributed by atoms with Crippen molar-refractivity contribution in [2.45, 2.75) is 6.17 Å². The zero-order valence-corrected chi connectivity index (χ0v) is 6.69. The largest absolute Gasteiger partial charge is 0.478 e. The van der Waals surface area contributed by atoms with Gasteiger partial charge < -0.3 is 16.6 Å². The highest BCUT2D eigenvalue weighted by molar-refractivity contribution is 5.84. The van der Waals surface area contributed by atoms with Crippen LogP contribution in [-0.4, -0.2) is 49.8 Å². The topological polar surface area (TPSA) is 170 Å². The summed E-state index contributed by atoms with van der Waals surface area (Å²) in [4.78, 5) is 31.0. The van der Waals surface area contributed by atoms with Crippen molar-refractivity contribution >= 4 is 18.0 Å². The van der Waals surface area contributed by atoms with Crippen molar-refractivity contribution in [2.24, 2.45) is 11.5 Å². The highest BCUT2D eigenvalue weighted by Crippen LogP contribution is 2.01. The number of amides is 4. The second kappa shape index (κ2) is 4.25. The molecule has 0 aromatic rings. The fourth-order valence-electron chi connectivity index (χ4n) is 0.554. The molecule has 0 aromatic heterocycles. The zero-order chi connectivity index (χ0) is 11.5. The van der Waals surface area contributed by atoms with Gasteiger partial charge in [-0.3, -0.25) is 10.4 Å². The van der Waals surface area contributed by atoms with Gasteiger partial charge in [0.15, 0.2) is 0 Å². The number of carbonyl (C=O) groups is 3. The van der Waals surface area contributed by atoms with Crippen molar-refractivity contribution in [1.82, 2.24) is 10.1 Å². The highest BCUT2D eigenvalue weighted by atomic mass is 16.6. The summed E-state index contributed by atoms with van der Waals surface area (Å²) in [6.45, 7) is 0. The van der Waals surface area contributed by atoms with Crippen LogP contribution in [0.25, 0.3) is 0 Å². The molecule has 0 aliphatic rings. The van der Waals surface area contributed by atoms with Crippen LogP contribution in [0, 0.1) is 0 Å². The molecule has 0 saturated heterocycles. The molecule has 0 radical (unpaired) electrons. The lowest BCUT2D eigenvalue weighted by Crippen LogP contribution is -2.57. The number of primary amides is 2. The van der Waals surface area contributed by atoms with E-state index in [1.54, 1.807) is 0 Å². The highest BCUT2D eigenvalue weighted by Gasteiger charge is 2.35. The second-order valence-electron chi connectivity index (χ2n) is 2.08. The molecular formula is C4H8N4O6. The van der Waals surface area contributed by atoms with Crippen LogP contribution in [-0.2, 0) is 4.79 Å². The standard InChI is InChI=1S/C4H8N4O6/c5-3(11)7(13)1(2(9)10)8(14)4(6)12/h1,13-14H,(H2,5,11)(H2,6,12)(H,9,10). The lowest BCUT2D eigenvalue weighted by atomic mass is 10.4. The van der Waals surface area contributed by atoms with E-state index in [1.807, 2.05) is 0 Å². The van der Waals surface area contributed by atoms with E-state index < -0.39 is 34.3 Å². The Hall–Kier alpha value is -2.07. The summed E-state index contributed by atoms with van der Waals surface area (Å²) in [5.74, 6) is -1.90. The molecular weight excluding hydrogens is 200 g/mol. The predicted molar refractivity (Wildman–Crippen MR) is 37.8 cm³/mol. The van der Waals surface area contributed by atoms with Crippen LogP contribution < -0.4 is 11.5 Å². The fraction of sp³-hybridized carbons (Fsp3) is 0.250. The van der Waals surface area contributed by atoms with E-state index in [4.69, 9.17) is 15.5 Å². The van der Waals surface area contributed by atoms with E-state index in [-0.39, 0.29) is 0 Å². The average Bonchev–Trinajstić information content (AvgIpc) is 2.03. The first kappa shape index (κ1) is 11.9. The van der Waals surface area contributed by atoms with E-state index in [0.717, 1.165) is 0 Å². The number of nitrogens with two attached hydrogens (primary N) is 2. The number of hydrogen-bond acceptors (Lipinski definition) is 5. The quantitative estimate of drug-likeness (QED) is 0.202. The summed E-state index contributed by atoms with van der Waals surface area (Å²) in [7, 11) is 0. The van der Waals surface area contributed by atoms with Crippen LogP contribution in [0.4, 0.5) is 9.59 Å². The van der Waals surface area contributed by atoms with Crippen LogP contribution in [0.2, 0.25) is 0 Å². The van der Waals surface area contributed by atoms with Gasteiger partial charge in [-0.1, -0.05) is 0 Å². The fourth-order valence-corrected chi connectivity index (χ4v) is 0.554. The normalized spacial score (nSPS) is 9.64. The van der Waals surface area contributed by atoms with Gasteiger partial charge >= 0.3 is 18.0 Å². The number of hydroxylamine groups is 4. The van der Waals surface area contributed by atoms with Gasteiger partial charge in [-0.15, -0.1) is 0 Å². The van der Waals surface area contributed by atoms with Crippen molar-refractivity contribution < 1.29 is 29.9 Å². The van der Waals surface area contributed by atoms with Crippen molar-refractivity contribution in [3.8, 4) is 0 Å². The molecule has 0 heterocycles. The van der Waals surface area contributed by atoms with Crippen molar-refractivity contribution in [3.05, 3.63) is 0 Å². The smallest absolute Gasteiger partial charge is 0.352 e. The predicted octanol–water partition coefficient (Wildman–Crippen LogP) is -2.06. The third kappa shape index (κ3) is 2.46. The van der Waals surface area contributed by atoms with Gasteiger partial charge in [0.25, 0.3) is 6.17 Å². The van der Waals surface area contributed by atoms with E-state index in [2.05, 4.69) is 11.5 Å². The molecule has 0 saturated carbocycles. The number of aliphatic carboxylic acids is 1. The van der Waals surface area contributed by atoms with E-state index in [9.17, 15) is 14.4 Å². The third-order valence-corrected chi connectivity index (χ3v) is 1.14. The maximum atomic E-state index is 10.4. The monoisotopic (exact) mass is 208 g/mol. The van der Waals surface area contributed by atoms with Crippen molar-refractivity contribution in [1.29, 1.82) is 0 Å². The van der Waals surface area contributed by atoms with Crippen LogP contribution in [0.5, 0.6) is 0 Å².